The van der Waals surface area contributed by atoms with Crippen molar-refractivity contribution in [3.63, 3.8) is 0 Å². The normalized spacial score (nSPS) is 12.5. The van der Waals surface area contributed by atoms with Crippen LogP contribution in [0, 0.1) is 0 Å². The highest BCUT2D eigenvalue weighted by Gasteiger charge is 2.19. The average Bonchev–Trinajstić information content (AvgIpc) is 3.45. The van der Waals surface area contributed by atoms with Crippen LogP contribution in [0.2, 0.25) is 0 Å². The summed E-state index contributed by atoms with van der Waals surface area (Å²) < 4.78 is 16.9. The third kappa shape index (κ3) is 65.5. The van der Waals surface area contributed by atoms with Crippen LogP contribution >= 0.6 is 0 Å². The fraction of sp³-hybridized carbons (Fsp3) is 0.795. The summed E-state index contributed by atoms with van der Waals surface area (Å²) in [5.74, 6) is -0.905. The molecule has 0 saturated carbocycles. The lowest BCUT2D eigenvalue weighted by Gasteiger charge is -2.18. The van der Waals surface area contributed by atoms with Gasteiger partial charge in [0.2, 0.25) is 0 Å². The molecule has 0 heterocycles. The molecule has 0 rings (SSSR count). The molecule has 6 heteroatoms. The van der Waals surface area contributed by atoms with Crippen LogP contribution in [0.5, 0.6) is 0 Å². The fourth-order valence-corrected chi connectivity index (χ4v) is 10.0. The minimum Gasteiger partial charge on any atom is -0.462 e. The topological polar surface area (TPSA) is 78.9 Å². The van der Waals surface area contributed by atoms with E-state index < -0.39 is 6.10 Å². The Kier molecular flexibility index (Phi) is 64.7. The van der Waals surface area contributed by atoms with Gasteiger partial charge in [0.15, 0.2) is 6.10 Å². The van der Waals surface area contributed by atoms with Gasteiger partial charge in [0.1, 0.15) is 13.2 Å². The van der Waals surface area contributed by atoms with Crippen LogP contribution in [0.1, 0.15) is 355 Å². The first-order valence-electron chi connectivity index (χ1n) is 34.4. The zero-order valence-electron chi connectivity index (χ0n) is 52.6. The van der Waals surface area contributed by atoms with Gasteiger partial charge in [-0.25, -0.2) is 0 Å². The van der Waals surface area contributed by atoms with Crippen molar-refractivity contribution in [1.29, 1.82) is 0 Å². The van der Waals surface area contributed by atoms with E-state index in [9.17, 15) is 14.4 Å². The molecular formula is C73H130O6. The zero-order chi connectivity index (χ0) is 57.1. The van der Waals surface area contributed by atoms with Gasteiger partial charge in [-0.2, -0.15) is 0 Å². The average molecular weight is 1100 g/mol. The Balaban J connectivity index is 4.11. The molecule has 6 nitrogen and oxygen atoms in total. The molecule has 0 fully saturated rings. The largest absolute Gasteiger partial charge is 0.462 e. The molecular weight excluding hydrogens is 973 g/mol. The van der Waals surface area contributed by atoms with Crippen molar-refractivity contribution in [2.45, 2.75) is 361 Å². The first-order valence-corrected chi connectivity index (χ1v) is 34.4. The first kappa shape index (κ1) is 75.8. The maximum absolute atomic E-state index is 12.9. The molecule has 0 aromatic rings. The second kappa shape index (κ2) is 67.4. The number of hydrogen-bond donors (Lipinski definition) is 0. The van der Waals surface area contributed by atoms with Crippen LogP contribution in [0.25, 0.3) is 0 Å². The fourth-order valence-electron chi connectivity index (χ4n) is 10.0. The van der Waals surface area contributed by atoms with E-state index in [1.807, 2.05) is 0 Å². The highest BCUT2D eigenvalue weighted by molar-refractivity contribution is 5.71. The van der Waals surface area contributed by atoms with E-state index in [-0.39, 0.29) is 31.1 Å². The van der Waals surface area contributed by atoms with Crippen molar-refractivity contribution in [3.05, 3.63) is 72.9 Å². The maximum Gasteiger partial charge on any atom is 0.306 e. The van der Waals surface area contributed by atoms with Crippen molar-refractivity contribution >= 4 is 17.9 Å². The van der Waals surface area contributed by atoms with Gasteiger partial charge in [0, 0.05) is 19.3 Å². The van der Waals surface area contributed by atoms with E-state index in [0.29, 0.717) is 19.3 Å². The molecule has 0 saturated heterocycles. The number of hydrogen-bond acceptors (Lipinski definition) is 6. The Bertz CT molecular complexity index is 1450. The Morgan fingerprint density at radius 3 is 0.823 bits per heavy atom. The quantitative estimate of drug-likeness (QED) is 0.0261. The zero-order valence-corrected chi connectivity index (χ0v) is 52.6. The molecule has 0 aliphatic rings. The molecule has 0 amide bonds. The summed E-state index contributed by atoms with van der Waals surface area (Å²) in [7, 11) is 0. The summed E-state index contributed by atoms with van der Waals surface area (Å²) in [6.45, 7) is 6.50. The van der Waals surface area contributed by atoms with Gasteiger partial charge in [-0.05, 0) is 103 Å². The van der Waals surface area contributed by atoms with Gasteiger partial charge < -0.3 is 14.2 Å². The minimum absolute atomic E-state index is 0.0854. The Labute approximate surface area is 491 Å². The SMILES string of the molecule is CC/C=C\C/C=C\C/C=C\C/C=C\CCCCCCC(=O)OC(COC(=O)CCCCCCC/C=C\CCCC)COC(=O)CCCCCCCCCCCCCCCCCCCCCCC/C=C\CCCCCCCCCC. The molecule has 458 valence electrons. The third-order valence-corrected chi connectivity index (χ3v) is 15.2. The highest BCUT2D eigenvalue weighted by Crippen LogP contribution is 2.18. The van der Waals surface area contributed by atoms with Crippen molar-refractivity contribution in [2.24, 2.45) is 0 Å². The van der Waals surface area contributed by atoms with E-state index in [1.54, 1.807) is 0 Å². The number of carbonyl (C=O) groups is 3. The van der Waals surface area contributed by atoms with E-state index in [0.717, 1.165) is 103 Å². The van der Waals surface area contributed by atoms with Crippen LogP contribution < -0.4 is 0 Å². The molecule has 0 bridgehead atoms. The van der Waals surface area contributed by atoms with Crippen LogP contribution in [0.4, 0.5) is 0 Å². The van der Waals surface area contributed by atoms with Gasteiger partial charge >= 0.3 is 17.9 Å². The summed E-state index contributed by atoms with van der Waals surface area (Å²) in [6, 6.07) is 0. The summed E-state index contributed by atoms with van der Waals surface area (Å²) in [6.07, 6.45) is 88.1. The van der Waals surface area contributed by atoms with Crippen molar-refractivity contribution in [2.75, 3.05) is 13.2 Å². The first-order chi connectivity index (χ1) is 39.0. The van der Waals surface area contributed by atoms with Crippen molar-refractivity contribution < 1.29 is 28.6 Å². The van der Waals surface area contributed by atoms with Crippen molar-refractivity contribution in [3.8, 4) is 0 Å². The summed E-state index contributed by atoms with van der Waals surface area (Å²) >= 11 is 0. The molecule has 1 unspecified atom stereocenters. The number of rotatable bonds is 63. The van der Waals surface area contributed by atoms with Gasteiger partial charge in [-0.15, -0.1) is 0 Å². The minimum atomic E-state index is -0.791. The third-order valence-electron chi connectivity index (χ3n) is 15.2. The molecule has 0 N–H and O–H groups in total. The standard InChI is InChI=1S/C73H130O6/c1-4-7-10-13-16-19-22-24-26-28-29-30-31-32-33-34-35-36-37-38-39-40-41-42-43-45-46-48-51-54-57-60-63-66-72(75)78-69-70(68-77-71(74)65-62-59-56-53-50-21-18-15-12-9-6-3)79-73(76)67-64-61-58-55-52-49-47-44-27-25-23-20-17-14-11-8-5-2/h8,11,15,17-18,20,25,27-29,47,49,70H,4-7,9-10,12-14,16,19,21-24,26,30-46,48,50-69H2,1-3H3/b11-8-,18-15-,20-17-,27-25-,29-28-,49-47-. The van der Waals surface area contributed by atoms with Gasteiger partial charge in [0.05, 0.1) is 0 Å². The van der Waals surface area contributed by atoms with Crippen LogP contribution in [0.3, 0.4) is 0 Å². The molecule has 0 aliphatic carbocycles. The van der Waals surface area contributed by atoms with Crippen LogP contribution in [-0.4, -0.2) is 37.2 Å². The summed E-state index contributed by atoms with van der Waals surface area (Å²) in [4.78, 5) is 38.2. The predicted octanol–water partition coefficient (Wildman–Crippen LogP) is 23.7. The molecule has 0 spiro atoms. The van der Waals surface area contributed by atoms with E-state index >= 15 is 0 Å². The smallest absolute Gasteiger partial charge is 0.306 e. The van der Waals surface area contributed by atoms with Crippen LogP contribution in [0.15, 0.2) is 72.9 Å². The molecule has 0 aliphatic heterocycles. The van der Waals surface area contributed by atoms with Crippen molar-refractivity contribution in [1.82, 2.24) is 0 Å². The second-order valence-corrected chi connectivity index (χ2v) is 23.1. The molecule has 1 atom stereocenters. The maximum atomic E-state index is 12.9. The van der Waals surface area contributed by atoms with Crippen LogP contribution in [-0.2, 0) is 28.6 Å². The summed E-state index contributed by atoms with van der Waals surface area (Å²) in [5.41, 5.74) is 0. The highest BCUT2D eigenvalue weighted by atomic mass is 16.6. The van der Waals surface area contributed by atoms with Gasteiger partial charge in [-0.3, -0.25) is 14.4 Å². The van der Waals surface area contributed by atoms with E-state index in [2.05, 4.69) is 93.7 Å². The number of unbranched alkanes of at least 4 members (excludes halogenated alkanes) is 40. The second-order valence-electron chi connectivity index (χ2n) is 23.1. The molecule has 79 heavy (non-hydrogen) atoms. The number of ether oxygens (including phenoxy) is 3. The Morgan fingerprint density at radius 1 is 0.266 bits per heavy atom. The lowest BCUT2D eigenvalue weighted by atomic mass is 10.0. The number of carbonyl (C=O) groups excluding carboxylic acids is 3. The summed E-state index contributed by atoms with van der Waals surface area (Å²) in [5, 5.41) is 0. The Hall–Kier alpha value is -3.15. The predicted molar refractivity (Wildman–Crippen MR) is 344 cm³/mol. The monoisotopic (exact) mass is 1100 g/mol. The van der Waals surface area contributed by atoms with E-state index in [4.69, 9.17) is 14.2 Å². The lowest BCUT2D eigenvalue weighted by molar-refractivity contribution is -0.167. The number of allylic oxidation sites excluding steroid dienone is 12. The lowest BCUT2D eigenvalue weighted by Crippen LogP contribution is -2.30. The Morgan fingerprint density at radius 2 is 0.506 bits per heavy atom. The van der Waals surface area contributed by atoms with Gasteiger partial charge in [0.25, 0.3) is 0 Å². The van der Waals surface area contributed by atoms with E-state index in [1.165, 1.54) is 212 Å². The van der Waals surface area contributed by atoms with Gasteiger partial charge in [-0.1, -0.05) is 306 Å². The molecule has 0 aromatic heterocycles. The molecule has 0 aromatic carbocycles. The molecule has 0 radical (unpaired) electrons. The number of esters is 3.